The highest BCUT2D eigenvalue weighted by atomic mass is 16.5. The number of likely N-dealkylation sites (N-methyl/N-ethyl adjacent to an activating group) is 1. The molecule has 2 aliphatic rings. The zero-order valence-electron chi connectivity index (χ0n) is 12.3. The number of carbonyl (C=O) groups is 1. The molecule has 0 aromatic carbocycles. The molecule has 0 radical (unpaired) electrons. The number of carbonyl (C=O) groups excluding carboxylic acids is 1. The van der Waals surface area contributed by atoms with Crippen molar-refractivity contribution in [1.82, 2.24) is 15.0 Å². The first-order valence-electron chi connectivity index (χ1n) is 7.69. The summed E-state index contributed by atoms with van der Waals surface area (Å²) in [5, 5.41) is 3.88. The lowest BCUT2D eigenvalue weighted by molar-refractivity contribution is 0.0640. The predicted molar refractivity (Wildman–Crippen MR) is 75.6 cm³/mol. The first-order valence-corrected chi connectivity index (χ1v) is 7.69. The molecule has 0 N–H and O–H groups in total. The third-order valence-corrected chi connectivity index (χ3v) is 4.67. The number of aryl methyl sites for hydroxylation is 1. The van der Waals surface area contributed by atoms with Crippen LogP contribution in [-0.2, 0) is 0 Å². The van der Waals surface area contributed by atoms with Gasteiger partial charge in [0.05, 0.1) is 0 Å². The van der Waals surface area contributed by atoms with Gasteiger partial charge in [0.15, 0.2) is 5.69 Å². The molecule has 2 aliphatic heterocycles. The monoisotopic (exact) mass is 277 g/mol. The Morgan fingerprint density at radius 3 is 2.80 bits per heavy atom. The summed E-state index contributed by atoms with van der Waals surface area (Å²) in [5.74, 6) is 0.729. The lowest BCUT2D eigenvalue weighted by atomic mass is 10.0. The van der Waals surface area contributed by atoms with Gasteiger partial charge in [-0.1, -0.05) is 12.1 Å². The van der Waals surface area contributed by atoms with E-state index in [4.69, 9.17) is 4.52 Å². The number of likely N-dealkylation sites (tertiary alicyclic amines) is 2. The number of aromatic nitrogens is 1. The van der Waals surface area contributed by atoms with Gasteiger partial charge in [0, 0.05) is 24.7 Å². The van der Waals surface area contributed by atoms with Gasteiger partial charge in [-0.2, -0.15) is 0 Å². The third kappa shape index (κ3) is 2.35. The van der Waals surface area contributed by atoms with Crippen molar-refractivity contribution in [2.24, 2.45) is 0 Å². The standard InChI is InChI=1S/C15H23N3O2/c1-3-17-8-4-6-13(17)14-7-5-9-18(14)15(19)12-10-11(2)20-16-12/h10,13-14H,3-9H2,1-2H3/t13-,14-/m0/s1. The third-order valence-electron chi connectivity index (χ3n) is 4.67. The second kappa shape index (κ2) is 5.56. The van der Waals surface area contributed by atoms with Crippen LogP contribution in [0.25, 0.3) is 0 Å². The van der Waals surface area contributed by atoms with Gasteiger partial charge in [0.25, 0.3) is 5.91 Å². The fourth-order valence-electron chi connectivity index (χ4n) is 3.74. The van der Waals surface area contributed by atoms with Gasteiger partial charge >= 0.3 is 0 Å². The normalized spacial score (nSPS) is 27.4. The van der Waals surface area contributed by atoms with Gasteiger partial charge in [-0.15, -0.1) is 0 Å². The number of hydrogen-bond acceptors (Lipinski definition) is 4. The van der Waals surface area contributed by atoms with Crippen LogP contribution in [0.2, 0.25) is 0 Å². The quantitative estimate of drug-likeness (QED) is 0.848. The molecule has 110 valence electrons. The summed E-state index contributed by atoms with van der Waals surface area (Å²) in [5.41, 5.74) is 0.454. The van der Waals surface area contributed by atoms with E-state index < -0.39 is 0 Å². The van der Waals surface area contributed by atoms with E-state index in [-0.39, 0.29) is 5.91 Å². The SMILES string of the molecule is CCN1CCC[C@H]1[C@@H]1CCCN1C(=O)c1cc(C)on1. The molecule has 5 nitrogen and oxygen atoms in total. The summed E-state index contributed by atoms with van der Waals surface area (Å²) in [6.07, 6.45) is 4.67. The highest BCUT2D eigenvalue weighted by molar-refractivity contribution is 5.92. The molecule has 0 saturated carbocycles. The Morgan fingerprint density at radius 1 is 1.35 bits per heavy atom. The molecular formula is C15H23N3O2. The summed E-state index contributed by atoms with van der Waals surface area (Å²) >= 11 is 0. The highest BCUT2D eigenvalue weighted by Crippen LogP contribution is 2.30. The first kappa shape index (κ1) is 13.6. The summed E-state index contributed by atoms with van der Waals surface area (Å²) in [6, 6.07) is 2.62. The van der Waals surface area contributed by atoms with Crippen LogP contribution in [0.15, 0.2) is 10.6 Å². The van der Waals surface area contributed by atoms with Crippen LogP contribution in [0.1, 0.15) is 48.9 Å². The van der Waals surface area contributed by atoms with Gasteiger partial charge < -0.3 is 9.42 Å². The van der Waals surface area contributed by atoms with Crippen molar-refractivity contribution >= 4 is 5.91 Å². The molecule has 2 atom stereocenters. The van der Waals surface area contributed by atoms with Crippen molar-refractivity contribution in [3.8, 4) is 0 Å². The molecule has 1 amide bonds. The zero-order chi connectivity index (χ0) is 14.1. The molecular weight excluding hydrogens is 254 g/mol. The number of hydrogen-bond donors (Lipinski definition) is 0. The van der Waals surface area contributed by atoms with Gasteiger partial charge in [-0.25, -0.2) is 0 Å². The molecule has 1 aromatic heterocycles. The fourth-order valence-corrected chi connectivity index (χ4v) is 3.74. The molecule has 0 aliphatic carbocycles. The van der Waals surface area contributed by atoms with Crippen LogP contribution < -0.4 is 0 Å². The van der Waals surface area contributed by atoms with Crippen molar-refractivity contribution in [3.05, 3.63) is 17.5 Å². The minimum absolute atomic E-state index is 0.0345. The Labute approximate surface area is 119 Å². The summed E-state index contributed by atoms with van der Waals surface area (Å²) in [4.78, 5) is 17.1. The molecule has 0 unspecified atom stereocenters. The molecule has 2 saturated heterocycles. The Hall–Kier alpha value is -1.36. The van der Waals surface area contributed by atoms with E-state index in [9.17, 15) is 4.79 Å². The Morgan fingerprint density at radius 2 is 2.10 bits per heavy atom. The number of rotatable bonds is 3. The second-order valence-corrected chi connectivity index (χ2v) is 5.87. The molecule has 5 heteroatoms. The van der Waals surface area contributed by atoms with Crippen LogP contribution in [-0.4, -0.2) is 52.6 Å². The van der Waals surface area contributed by atoms with Crippen LogP contribution in [0, 0.1) is 6.92 Å². The molecule has 2 fully saturated rings. The van der Waals surface area contributed by atoms with Crippen LogP contribution in [0.5, 0.6) is 0 Å². The first-order chi connectivity index (χ1) is 9.70. The average Bonchev–Trinajstić information content (AvgIpc) is 3.16. The lowest BCUT2D eigenvalue weighted by Gasteiger charge is -2.34. The van der Waals surface area contributed by atoms with E-state index in [1.54, 1.807) is 6.07 Å². The van der Waals surface area contributed by atoms with Gasteiger partial charge in [0.1, 0.15) is 5.76 Å². The van der Waals surface area contributed by atoms with Crippen LogP contribution in [0.4, 0.5) is 0 Å². The van der Waals surface area contributed by atoms with E-state index in [1.165, 1.54) is 19.4 Å². The maximum absolute atomic E-state index is 12.6. The minimum atomic E-state index is 0.0345. The molecule has 3 rings (SSSR count). The molecule has 3 heterocycles. The number of nitrogens with zero attached hydrogens (tertiary/aromatic N) is 3. The van der Waals surface area contributed by atoms with Crippen molar-refractivity contribution in [1.29, 1.82) is 0 Å². The minimum Gasteiger partial charge on any atom is -0.361 e. The van der Waals surface area contributed by atoms with Crippen molar-refractivity contribution in [2.45, 2.75) is 51.6 Å². The largest absolute Gasteiger partial charge is 0.361 e. The molecule has 0 bridgehead atoms. The van der Waals surface area contributed by atoms with Crippen molar-refractivity contribution in [3.63, 3.8) is 0 Å². The predicted octanol–water partition coefficient (Wildman–Crippen LogP) is 2.07. The van der Waals surface area contributed by atoms with Crippen molar-refractivity contribution < 1.29 is 9.32 Å². The summed E-state index contributed by atoms with van der Waals surface area (Å²) < 4.78 is 5.04. The summed E-state index contributed by atoms with van der Waals surface area (Å²) in [7, 11) is 0. The molecule has 1 aromatic rings. The molecule has 0 spiro atoms. The maximum Gasteiger partial charge on any atom is 0.276 e. The lowest BCUT2D eigenvalue weighted by Crippen LogP contribution is -2.48. The van der Waals surface area contributed by atoms with Crippen LogP contribution in [0.3, 0.4) is 0 Å². The van der Waals surface area contributed by atoms with Gasteiger partial charge in [0.2, 0.25) is 0 Å². The number of amides is 1. The van der Waals surface area contributed by atoms with E-state index >= 15 is 0 Å². The van der Waals surface area contributed by atoms with E-state index in [0.717, 1.165) is 25.9 Å². The van der Waals surface area contributed by atoms with E-state index in [2.05, 4.69) is 17.0 Å². The molecule has 20 heavy (non-hydrogen) atoms. The second-order valence-electron chi connectivity index (χ2n) is 5.87. The average molecular weight is 277 g/mol. The Bertz CT molecular complexity index is 485. The van der Waals surface area contributed by atoms with Gasteiger partial charge in [-0.05, 0) is 45.7 Å². The van der Waals surface area contributed by atoms with E-state index in [0.29, 0.717) is 23.5 Å². The topological polar surface area (TPSA) is 49.6 Å². The zero-order valence-corrected chi connectivity index (χ0v) is 12.3. The fraction of sp³-hybridized carbons (Fsp3) is 0.733. The van der Waals surface area contributed by atoms with Crippen LogP contribution >= 0.6 is 0 Å². The highest BCUT2D eigenvalue weighted by Gasteiger charge is 2.39. The Kier molecular flexibility index (Phi) is 3.78. The summed E-state index contributed by atoms with van der Waals surface area (Å²) in [6.45, 7) is 7.12. The van der Waals surface area contributed by atoms with Gasteiger partial charge in [-0.3, -0.25) is 9.69 Å². The van der Waals surface area contributed by atoms with Crippen molar-refractivity contribution in [2.75, 3.05) is 19.6 Å². The van der Waals surface area contributed by atoms with E-state index in [1.807, 2.05) is 11.8 Å². The smallest absolute Gasteiger partial charge is 0.276 e. The maximum atomic E-state index is 12.6. The Balaban J connectivity index is 1.77.